The second-order valence-electron chi connectivity index (χ2n) is 6.49. The number of thioether (sulfide) groups is 1. The summed E-state index contributed by atoms with van der Waals surface area (Å²) in [7, 11) is 0. The lowest BCUT2D eigenvalue weighted by Crippen LogP contribution is -2.47. The molecule has 0 saturated heterocycles. The van der Waals surface area contributed by atoms with E-state index in [4.69, 9.17) is 0 Å². The molecule has 0 aliphatic carbocycles. The predicted octanol–water partition coefficient (Wildman–Crippen LogP) is 4.03. The zero-order valence-corrected chi connectivity index (χ0v) is 17.1. The molecule has 0 saturated carbocycles. The van der Waals surface area contributed by atoms with Crippen LogP contribution in [-0.2, 0) is 16.1 Å². The molecule has 2 aromatic rings. The quantitative estimate of drug-likeness (QED) is 0.664. The van der Waals surface area contributed by atoms with Gasteiger partial charge in [0, 0.05) is 30.2 Å². The van der Waals surface area contributed by atoms with Gasteiger partial charge in [0.1, 0.15) is 6.04 Å². The van der Waals surface area contributed by atoms with Crippen LogP contribution in [0.2, 0.25) is 0 Å². The van der Waals surface area contributed by atoms with Crippen LogP contribution in [0.1, 0.15) is 31.4 Å². The van der Waals surface area contributed by atoms with E-state index in [-0.39, 0.29) is 11.8 Å². The number of likely N-dealkylation sites (N-methyl/N-ethyl adjacent to an activating group) is 1. The SMILES string of the molecule is CCNC(=O)[C@H](C)N(Cc1cccc(C)c1)C(=O)CCSc1ccccc1. The first-order valence-electron chi connectivity index (χ1n) is 9.31. The number of amides is 2. The van der Waals surface area contributed by atoms with E-state index in [9.17, 15) is 9.59 Å². The van der Waals surface area contributed by atoms with Crippen molar-refractivity contribution in [2.45, 2.75) is 44.7 Å². The van der Waals surface area contributed by atoms with Gasteiger partial charge in [-0.1, -0.05) is 48.0 Å². The Morgan fingerprint density at radius 2 is 1.85 bits per heavy atom. The summed E-state index contributed by atoms with van der Waals surface area (Å²) in [5.41, 5.74) is 2.18. The van der Waals surface area contributed by atoms with Gasteiger partial charge >= 0.3 is 0 Å². The van der Waals surface area contributed by atoms with Crippen LogP contribution in [0.25, 0.3) is 0 Å². The molecule has 2 aromatic carbocycles. The summed E-state index contributed by atoms with van der Waals surface area (Å²) in [6.07, 6.45) is 0.398. The minimum Gasteiger partial charge on any atom is -0.355 e. The number of aryl methyl sites for hydroxylation is 1. The minimum atomic E-state index is -0.500. The third-order valence-corrected chi connectivity index (χ3v) is 5.30. The molecular formula is C22H28N2O2S. The Hall–Kier alpha value is -2.27. The summed E-state index contributed by atoms with van der Waals surface area (Å²) in [6, 6.07) is 17.6. The van der Waals surface area contributed by atoms with Crippen molar-refractivity contribution in [2.75, 3.05) is 12.3 Å². The zero-order valence-electron chi connectivity index (χ0n) is 16.3. The van der Waals surface area contributed by atoms with Crippen molar-refractivity contribution in [3.63, 3.8) is 0 Å². The van der Waals surface area contributed by atoms with Crippen molar-refractivity contribution in [3.8, 4) is 0 Å². The van der Waals surface area contributed by atoms with Gasteiger partial charge in [-0.2, -0.15) is 0 Å². The van der Waals surface area contributed by atoms with Gasteiger partial charge in [-0.15, -0.1) is 11.8 Å². The Bertz CT molecular complexity index is 749. The zero-order chi connectivity index (χ0) is 19.6. The number of hydrogen-bond acceptors (Lipinski definition) is 3. The smallest absolute Gasteiger partial charge is 0.242 e. The highest BCUT2D eigenvalue weighted by Crippen LogP contribution is 2.19. The second-order valence-corrected chi connectivity index (χ2v) is 7.66. The number of nitrogens with zero attached hydrogens (tertiary/aromatic N) is 1. The predicted molar refractivity (Wildman–Crippen MR) is 112 cm³/mol. The summed E-state index contributed by atoms with van der Waals surface area (Å²) < 4.78 is 0. The normalized spacial score (nSPS) is 11.7. The van der Waals surface area contributed by atoms with Crippen LogP contribution in [0.4, 0.5) is 0 Å². The lowest BCUT2D eigenvalue weighted by atomic mass is 10.1. The van der Waals surface area contributed by atoms with Crippen molar-refractivity contribution in [1.29, 1.82) is 0 Å². The third kappa shape index (κ3) is 6.75. The average molecular weight is 385 g/mol. The van der Waals surface area contributed by atoms with E-state index in [2.05, 4.69) is 11.4 Å². The van der Waals surface area contributed by atoms with Gasteiger partial charge in [0.2, 0.25) is 11.8 Å². The third-order valence-electron chi connectivity index (χ3n) is 4.28. The highest BCUT2D eigenvalue weighted by molar-refractivity contribution is 7.99. The Morgan fingerprint density at radius 1 is 1.11 bits per heavy atom. The molecule has 2 amide bonds. The molecule has 0 aromatic heterocycles. The van der Waals surface area contributed by atoms with Crippen LogP contribution in [0.15, 0.2) is 59.5 Å². The van der Waals surface area contributed by atoms with Gasteiger partial charge in [0.05, 0.1) is 0 Å². The fourth-order valence-corrected chi connectivity index (χ4v) is 3.69. The molecule has 27 heavy (non-hydrogen) atoms. The first-order valence-corrected chi connectivity index (χ1v) is 10.3. The maximum absolute atomic E-state index is 12.9. The van der Waals surface area contributed by atoms with Gasteiger partial charge in [-0.3, -0.25) is 9.59 Å². The number of nitrogens with one attached hydrogen (secondary N) is 1. The lowest BCUT2D eigenvalue weighted by Gasteiger charge is -2.29. The molecular weight excluding hydrogens is 356 g/mol. The topological polar surface area (TPSA) is 49.4 Å². The molecule has 1 N–H and O–H groups in total. The van der Waals surface area contributed by atoms with Crippen LogP contribution in [0, 0.1) is 6.92 Å². The standard InChI is InChI=1S/C22H28N2O2S/c1-4-23-22(26)18(3)24(16-19-10-8-9-17(2)15-19)21(25)13-14-27-20-11-6-5-7-12-20/h5-12,15,18H,4,13-14,16H2,1-3H3,(H,23,26)/t18-/m0/s1. The molecule has 0 spiro atoms. The van der Waals surface area contributed by atoms with E-state index >= 15 is 0 Å². The molecule has 0 radical (unpaired) electrons. The average Bonchev–Trinajstić information content (AvgIpc) is 2.66. The van der Waals surface area contributed by atoms with E-state index in [1.807, 2.05) is 62.4 Å². The molecule has 0 heterocycles. The van der Waals surface area contributed by atoms with E-state index in [1.54, 1.807) is 23.6 Å². The summed E-state index contributed by atoms with van der Waals surface area (Å²) in [5, 5.41) is 2.82. The van der Waals surface area contributed by atoms with E-state index in [0.29, 0.717) is 25.3 Å². The highest BCUT2D eigenvalue weighted by Gasteiger charge is 2.25. The maximum atomic E-state index is 12.9. The van der Waals surface area contributed by atoms with Crippen molar-refractivity contribution in [2.24, 2.45) is 0 Å². The lowest BCUT2D eigenvalue weighted by molar-refractivity contribution is -0.140. The Balaban J connectivity index is 2.05. The minimum absolute atomic E-state index is 0.00121. The number of rotatable bonds is 9. The molecule has 0 bridgehead atoms. The molecule has 0 fully saturated rings. The van der Waals surface area contributed by atoms with Crippen molar-refractivity contribution < 1.29 is 9.59 Å². The molecule has 0 aliphatic rings. The Labute approximate surface area is 166 Å². The van der Waals surface area contributed by atoms with Crippen LogP contribution in [0.5, 0.6) is 0 Å². The van der Waals surface area contributed by atoms with Gasteiger partial charge in [-0.25, -0.2) is 0 Å². The van der Waals surface area contributed by atoms with Crippen LogP contribution in [-0.4, -0.2) is 35.1 Å². The molecule has 0 unspecified atom stereocenters. The number of carbonyl (C=O) groups is 2. The van der Waals surface area contributed by atoms with Gasteiger partial charge in [0.15, 0.2) is 0 Å². The number of benzene rings is 2. The fraction of sp³-hybridized carbons (Fsp3) is 0.364. The van der Waals surface area contributed by atoms with Crippen molar-refractivity contribution in [1.82, 2.24) is 10.2 Å². The van der Waals surface area contributed by atoms with E-state index in [1.165, 1.54) is 0 Å². The summed E-state index contributed by atoms with van der Waals surface area (Å²) in [6.45, 7) is 6.70. The van der Waals surface area contributed by atoms with Crippen molar-refractivity contribution >= 4 is 23.6 Å². The van der Waals surface area contributed by atoms with Crippen LogP contribution in [0.3, 0.4) is 0 Å². The van der Waals surface area contributed by atoms with Gasteiger partial charge in [0.25, 0.3) is 0 Å². The van der Waals surface area contributed by atoms with Crippen molar-refractivity contribution in [3.05, 3.63) is 65.7 Å². The first kappa shape index (κ1) is 21.0. The molecule has 2 rings (SSSR count). The monoisotopic (exact) mass is 384 g/mol. The van der Waals surface area contributed by atoms with E-state index in [0.717, 1.165) is 16.0 Å². The van der Waals surface area contributed by atoms with Crippen LogP contribution >= 0.6 is 11.8 Å². The molecule has 5 heteroatoms. The Morgan fingerprint density at radius 3 is 2.52 bits per heavy atom. The molecule has 0 aliphatic heterocycles. The second kappa shape index (κ2) is 10.8. The molecule has 1 atom stereocenters. The molecule has 4 nitrogen and oxygen atoms in total. The van der Waals surface area contributed by atoms with Gasteiger partial charge in [-0.05, 0) is 38.5 Å². The summed E-state index contributed by atoms with van der Waals surface area (Å²) in [5.74, 6) is 0.572. The first-order chi connectivity index (χ1) is 13.0. The number of hydrogen-bond donors (Lipinski definition) is 1. The highest BCUT2D eigenvalue weighted by atomic mass is 32.2. The van der Waals surface area contributed by atoms with Gasteiger partial charge < -0.3 is 10.2 Å². The summed E-state index contributed by atoms with van der Waals surface area (Å²) >= 11 is 1.66. The molecule has 144 valence electrons. The maximum Gasteiger partial charge on any atom is 0.242 e. The largest absolute Gasteiger partial charge is 0.355 e. The number of carbonyl (C=O) groups excluding carboxylic acids is 2. The van der Waals surface area contributed by atoms with E-state index < -0.39 is 6.04 Å². The Kier molecular flexibility index (Phi) is 8.40. The fourth-order valence-electron chi connectivity index (χ4n) is 2.83. The van der Waals surface area contributed by atoms with Crippen LogP contribution < -0.4 is 5.32 Å². The summed E-state index contributed by atoms with van der Waals surface area (Å²) in [4.78, 5) is 28.1.